The van der Waals surface area contributed by atoms with Gasteiger partial charge in [0.1, 0.15) is 11.5 Å². The summed E-state index contributed by atoms with van der Waals surface area (Å²) in [6, 6.07) is 5.76. The first-order valence-electron chi connectivity index (χ1n) is 9.82. The highest BCUT2D eigenvalue weighted by Crippen LogP contribution is 2.30. The highest BCUT2D eigenvalue weighted by molar-refractivity contribution is 5.83. The van der Waals surface area contributed by atoms with E-state index in [1.807, 2.05) is 30.1 Å². The summed E-state index contributed by atoms with van der Waals surface area (Å²) < 4.78 is 5.39. The van der Waals surface area contributed by atoms with Crippen LogP contribution in [0.5, 0.6) is 0 Å². The Balaban J connectivity index is 1.53. The molecule has 6 nitrogen and oxygen atoms in total. The number of hydrogen-bond donors (Lipinski definition) is 0. The number of ether oxygens (including phenoxy) is 1. The van der Waals surface area contributed by atoms with Crippen molar-refractivity contribution in [3.8, 4) is 11.5 Å². The lowest BCUT2D eigenvalue weighted by Gasteiger charge is -2.24. The molecule has 0 N–H and O–H groups in total. The molecule has 1 saturated heterocycles. The summed E-state index contributed by atoms with van der Waals surface area (Å²) in [5.74, 6) is 2.27. The fourth-order valence-corrected chi connectivity index (χ4v) is 4.01. The van der Waals surface area contributed by atoms with Crippen LogP contribution in [0.3, 0.4) is 0 Å². The number of rotatable bonds is 6. The van der Waals surface area contributed by atoms with Crippen LogP contribution < -0.4 is 4.90 Å². The van der Waals surface area contributed by atoms with Gasteiger partial charge in [0.05, 0.1) is 6.54 Å². The topological polar surface area (TPSA) is 68.2 Å². The van der Waals surface area contributed by atoms with Crippen molar-refractivity contribution in [2.45, 2.75) is 38.5 Å². The van der Waals surface area contributed by atoms with Gasteiger partial charge in [-0.2, -0.15) is 0 Å². The van der Waals surface area contributed by atoms with Crippen molar-refractivity contribution in [3.05, 3.63) is 35.7 Å². The number of anilines is 1. The summed E-state index contributed by atoms with van der Waals surface area (Å²) in [6.07, 6.45) is 7.40. The van der Waals surface area contributed by atoms with Crippen molar-refractivity contribution in [1.29, 1.82) is 0 Å². The van der Waals surface area contributed by atoms with Crippen molar-refractivity contribution in [3.63, 3.8) is 0 Å². The van der Waals surface area contributed by atoms with E-state index >= 15 is 0 Å². The van der Waals surface area contributed by atoms with Gasteiger partial charge in [0.25, 0.3) is 0 Å². The molecule has 0 amide bonds. The molecule has 0 unspecified atom stereocenters. The molecule has 1 aliphatic heterocycles. The number of fused-ring (bicyclic) bond motifs is 1. The predicted octanol–water partition coefficient (Wildman–Crippen LogP) is 2.85. The third kappa shape index (κ3) is 4.16. The summed E-state index contributed by atoms with van der Waals surface area (Å²) in [5, 5.41) is 0. The molecule has 0 atom stereocenters. The maximum atomic E-state index is 12.6. The number of carbonyl (C=O) groups is 1. The highest BCUT2D eigenvalue weighted by Gasteiger charge is 2.24. The zero-order valence-corrected chi connectivity index (χ0v) is 15.9. The molecule has 2 aromatic rings. The Morgan fingerprint density at radius 1 is 1.22 bits per heavy atom. The average molecular weight is 366 g/mol. The zero-order valence-electron chi connectivity index (χ0n) is 15.9. The molecule has 2 aliphatic rings. The van der Waals surface area contributed by atoms with Crippen molar-refractivity contribution in [2.75, 3.05) is 31.7 Å². The number of ketones is 1. The molecule has 0 saturated carbocycles. The Morgan fingerprint density at radius 3 is 2.85 bits per heavy atom. The molecule has 1 fully saturated rings. The van der Waals surface area contributed by atoms with Gasteiger partial charge in [0.15, 0.2) is 11.6 Å². The maximum absolute atomic E-state index is 12.6. The summed E-state index contributed by atoms with van der Waals surface area (Å²) in [6.45, 7) is 1.95. The molecule has 6 heteroatoms. The van der Waals surface area contributed by atoms with Gasteiger partial charge >= 0.3 is 0 Å². The quantitative estimate of drug-likeness (QED) is 0.783. The normalized spacial score (nSPS) is 16.9. The van der Waals surface area contributed by atoms with Gasteiger partial charge in [0.2, 0.25) is 0 Å². The standard InChI is InChI=1S/C21H26N4O2/c1-25(14-16(26)13-15-8-11-27-12-9-15)21-17-5-4-7-18(17)23-20(24-21)19-6-2-3-10-22-19/h2-3,6,10,15H,4-5,7-9,11-14H2,1H3. The van der Waals surface area contributed by atoms with E-state index in [0.717, 1.165) is 62.5 Å². The van der Waals surface area contributed by atoms with E-state index in [2.05, 4.69) is 4.98 Å². The predicted molar refractivity (Wildman–Crippen MR) is 104 cm³/mol. The Kier molecular flexibility index (Phi) is 5.43. The summed E-state index contributed by atoms with van der Waals surface area (Å²) in [4.78, 5) is 28.5. The van der Waals surface area contributed by atoms with Crippen LogP contribution in [0, 0.1) is 5.92 Å². The van der Waals surface area contributed by atoms with Gasteiger partial charge in [0, 0.05) is 44.1 Å². The third-order valence-corrected chi connectivity index (χ3v) is 5.44. The van der Waals surface area contributed by atoms with Crippen molar-refractivity contribution >= 4 is 11.6 Å². The fourth-order valence-electron chi connectivity index (χ4n) is 4.01. The van der Waals surface area contributed by atoms with Crippen LogP contribution in [0.4, 0.5) is 5.82 Å². The van der Waals surface area contributed by atoms with E-state index in [1.54, 1.807) is 6.20 Å². The minimum Gasteiger partial charge on any atom is -0.381 e. The number of carbonyl (C=O) groups excluding carboxylic acids is 1. The second-order valence-corrected chi connectivity index (χ2v) is 7.52. The molecular weight excluding hydrogens is 340 g/mol. The average Bonchev–Trinajstić information content (AvgIpc) is 3.17. The van der Waals surface area contributed by atoms with E-state index in [0.29, 0.717) is 24.7 Å². The monoisotopic (exact) mass is 366 g/mol. The molecule has 0 aromatic carbocycles. The van der Waals surface area contributed by atoms with E-state index in [9.17, 15) is 4.79 Å². The molecule has 4 rings (SSSR count). The van der Waals surface area contributed by atoms with Crippen molar-refractivity contribution in [2.24, 2.45) is 5.92 Å². The fraction of sp³-hybridized carbons (Fsp3) is 0.524. The van der Waals surface area contributed by atoms with Gasteiger partial charge in [-0.3, -0.25) is 9.78 Å². The Bertz CT molecular complexity index is 803. The van der Waals surface area contributed by atoms with E-state index in [1.165, 1.54) is 5.56 Å². The van der Waals surface area contributed by atoms with E-state index in [-0.39, 0.29) is 5.78 Å². The van der Waals surface area contributed by atoms with Gasteiger partial charge in [-0.05, 0) is 50.2 Å². The lowest BCUT2D eigenvalue weighted by atomic mass is 9.94. The number of aromatic nitrogens is 3. The van der Waals surface area contributed by atoms with E-state index < -0.39 is 0 Å². The van der Waals surface area contributed by atoms with Crippen molar-refractivity contribution < 1.29 is 9.53 Å². The van der Waals surface area contributed by atoms with Crippen LogP contribution in [0.25, 0.3) is 11.5 Å². The van der Waals surface area contributed by atoms with Crippen LogP contribution >= 0.6 is 0 Å². The van der Waals surface area contributed by atoms with Gasteiger partial charge < -0.3 is 9.64 Å². The van der Waals surface area contributed by atoms with Gasteiger partial charge in [-0.15, -0.1) is 0 Å². The lowest BCUT2D eigenvalue weighted by Crippen LogP contribution is -2.30. The molecule has 142 valence electrons. The number of aryl methyl sites for hydroxylation is 1. The molecule has 3 heterocycles. The molecule has 1 aliphatic carbocycles. The number of likely N-dealkylation sites (N-methyl/N-ethyl adjacent to an activating group) is 1. The SMILES string of the molecule is CN(CC(=O)CC1CCOCC1)c1nc(-c2ccccn2)nc2c1CCC2. The van der Waals surface area contributed by atoms with Crippen LogP contribution in [-0.2, 0) is 22.4 Å². The van der Waals surface area contributed by atoms with Gasteiger partial charge in [-0.25, -0.2) is 9.97 Å². The van der Waals surface area contributed by atoms with Crippen LogP contribution in [-0.4, -0.2) is 47.5 Å². The van der Waals surface area contributed by atoms with Crippen LogP contribution in [0.15, 0.2) is 24.4 Å². The number of pyridine rings is 1. The lowest BCUT2D eigenvalue weighted by molar-refractivity contribution is -0.119. The largest absolute Gasteiger partial charge is 0.381 e. The molecule has 0 radical (unpaired) electrons. The molecule has 27 heavy (non-hydrogen) atoms. The minimum atomic E-state index is 0.272. The second kappa shape index (κ2) is 8.13. The van der Waals surface area contributed by atoms with E-state index in [4.69, 9.17) is 14.7 Å². The summed E-state index contributed by atoms with van der Waals surface area (Å²) in [7, 11) is 1.96. The number of Topliss-reactive ketones (excluding diaryl/α,β-unsaturated/α-hetero) is 1. The van der Waals surface area contributed by atoms with Gasteiger partial charge in [-0.1, -0.05) is 6.07 Å². The first-order valence-corrected chi connectivity index (χ1v) is 9.82. The molecule has 2 aromatic heterocycles. The number of hydrogen-bond acceptors (Lipinski definition) is 6. The summed E-state index contributed by atoms with van der Waals surface area (Å²) in [5.41, 5.74) is 3.07. The number of nitrogens with zero attached hydrogens (tertiary/aromatic N) is 4. The van der Waals surface area contributed by atoms with Crippen molar-refractivity contribution in [1.82, 2.24) is 15.0 Å². The van der Waals surface area contributed by atoms with Crippen LogP contribution in [0.2, 0.25) is 0 Å². The Morgan fingerprint density at radius 2 is 2.07 bits per heavy atom. The Labute approximate surface area is 160 Å². The molecule has 0 bridgehead atoms. The molecular formula is C21H26N4O2. The zero-order chi connectivity index (χ0) is 18.6. The summed E-state index contributed by atoms with van der Waals surface area (Å²) >= 11 is 0. The first-order chi connectivity index (χ1) is 13.2. The smallest absolute Gasteiger partial charge is 0.180 e. The minimum absolute atomic E-state index is 0.272. The van der Waals surface area contributed by atoms with Crippen LogP contribution in [0.1, 0.15) is 36.9 Å². The highest BCUT2D eigenvalue weighted by atomic mass is 16.5. The first kappa shape index (κ1) is 18.0. The second-order valence-electron chi connectivity index (χ2n) is 7.52. The Hall–Kier alpha value is -2.34. The third-order valence-electron chi connectivity index (χ3n) is 5.44. The maximum Gasteiger partial charge on any atom is 0.180 e. The molecule has 0 spiro atoms.